The summed E-state index contributed by atoms with van der Waals surface area (Å²) in [5.74, 6) is -0.640. The molecule has 1 amide bonds. The molecule has 0 saturated heterocycles. The van der Waals surface area contributed by atoms with Gasteiger partial charge < -0.3 is 14.8 Å². The molecule has 23 heavy (non-hydrogen) atoms. The summed E-state index contributed by atoms with van der Waals surface area (Å²) in [5.41, 5.74) is 0.850. The molecule has 0 unspecified atom stereocenters. The lowest BCUT2D eigenvalue weighted by Gasteiger charge is -2.11. The van der Waals surface area contributed by atoms with E-state index in [0.29, 0.717) is 15.8 Å². The predicted octanol–water partition coefficient (Wildman–Crippen LogP) is 4.04. The summed E-state index contributed by atoms with van der Waals surface area (Å²) in [6.45, 7) is 0. The third-order valence-corrected chi connectivity index (χ3v) is 3.61. The average molecular weight is 354 g/mol. The molecule has 5 nitrogen and oxygen atoms in total. The first-order valence-corrected chi connectivity index (χ1v) is 7.24. The zero-order valence-electron chi connectivity index (χ0n) is 12.4. The van der Waals surface area contributed by atoms with Crippen LogP contribution in [0.3, 0.4) is 0 Å². The lowest BCUT2D eigenvalue weighted by atomic mass is 10.1. The fraction of sp³-hybridized carbons (Fsp3) is 0.125. The van der Waals surface area contributed by atoms with Gasteiger partial charge in [-0.1, -0.05) is 23.2 Å². The molecular weight excluding hydrogens is 341 g/mol. The Bertz CT molecular complexity index is 762. The molecule has 0 radical (unpaired) electrons. The quantitative estimate of drug-likeness (QED) is 0.842. The van der Waals surface area contributed by atoms with Gasteiger partial charge in [0.25, 0.3) is 5.91 Å². The number of ether oxygens (including phenoxy) is 2. The second kappa shape index (κ2) is 7.35. The second-order valence-electron chi connectivity index (χ2n) is 4.48. The smallest absolute Gasteiger partial charge is 0.337 e. The first-order valence-electron chi connectivity index (χ1n) is 6.49. The summed E-state index contributed by atoms with van der Waals surface area (Å²) in [6.07, 6.45) is 0. The molecule has 0 saturated carbocycles. The van der Waals surface area contributed by atoms with Crippen molar-refractivity contribution in [2.45, 2.75) is 0 Å². The summed E-state index contributed by atoms with van der Waals surface area (Å²) in [5, 5.41) is 3.38. The van der Waals surface area contributed by atoms with Crippen LogP contribution in [0.25, 0.3) is 0 Å². The van der Waals surface area contributed by atoms with Gasteiger partial charge in [-0.2, -0.15) is 0 Å². The molecular formula is C16H13Cl2NO4. The normalized spacial score (nSPS) is 10.1. The van der Waals surface area contributed by atoms with E-state index in [1.807, 2.05) is 0 Å². The maximum Gasteiger partial charge on any atom is 0.337 e. The highest BCUT2D eigenvalue weighted by atomic mass is 35.5. The highest BCUT2D eigenvalue weighted by Gasteiger charge is 2.16. The number of amides is 1. The van der Waals surface area contributed by atoms with Crippen molar-refractivity contribution >= 4 is 40.8 Å². The van der Waals surface area contributed by atoms with Crippen molar-refractivity contribution in [2.24, 2.45) is 0 Å². The van der Waals surface area contributed by atoms with Crippen LogP contribution in [0.2, 0.25) is 10.0 Å². The number of carbonyl (C=O) groups is 2. The maximum atomic E-state index is 12.4. The van der Waals surface area contributed by atoms with Crippen molar-refractivity contribution in [2.75, 3.05) is 19.5 Å². The minimum atomic E-state index is -0.527. The Balaban J connectivity index is 2.32. The van der Waals surface area contributed by atoms with Crippen LogP contribution < -0.4 is 10.1 Å². The largest absolute Gasteiger partial charge is 0.496 e. The molecule has 0 spiro atoms. The molecule has 2 aromatic carbocycles. The van der Waals surface area contributed by atoms with Gasteiger partial charge in [0, 0.05) is 5.02 Å². The molecule has 0 aliphatic heterocycles. The SMILES string of the molecule is COC(=O)c1ccc(Cl)c(NC(=O)c2ccc(Cl)cc2OC)c1. The number of nitrogens with one attached hydrogen (secondary N) is 1. The molecule has 0 aliphatic carbocycles. The van der Waals surface area contributed by atoms with Crippen molar-refractivity contribution in [3.8, 4) is 5.75 Å². The number of methoxy groups -OCH3 is 2. The number of hydrogen-bond acceptors (Lipinski definition) is 4. The summed E-state index contributed by atoms with van der Waals surface area (Å²) < 4.78 is 9.78. The standard InChI is InChI=1S/C16H13Cl2NO4/c1-22-14-8-10(17)4-5-11(14)15(20)19-13-7-9(16(21)23-2)3-6-12(13)18/h3-8H,1-2H3,(H,19,20). The maximum absolute atomic E-state index is 12.4. The average Bonchev–Trinajstić information content (AvgIpc) is 2.55. The molecule has 2 aromatic rings. The number of hydrogen-bond donors (Lipinski definition) is 1. The first-order chi connectivity index (χ1) is 11.0. The molecule has 7 heteroatoms. The highest BCUT2D eigenvalue weighted by molar-refractivity contribution is 6.34. The van der Waals surface area contributed by atoms with Crippen molar-refractivity contribution in [3.05, 3.63) is 57.6 Å². The topological polar surface area (TPSA) is 64.6 Å². The lowest BCUT2D eigenvalue weighted by molar-refractivity contribution is 0.0600. The van der Waals surface area contributed by atoms with Gasteiger partial charge in [0.15, 0.2) is 0 Å². The Labute approximate surface area is 143 Å². The van der Waals surface area contributed by atoms with Gasteiger partial charge in [0.05, 0.1) is 36.1 Å². The van der Waals surface area contributed by atoms with Crippen LogP contribution in [0.1, 0.15) is 20.7 Å². The minimum Gasteiger partial charge on any atom is -0.496 e. The van der Waals surface area contributed by atoms with Crippen molar-refractivity contribution in [3.63, 3.8) is 0 Å². The molecule has 0 aliphatic rings. The molecule has 120 valence electrons. The number of carbonyl (C=O) groups excluding carboxylic acids is 2. The zero-order valence-corrected chi connectivity index (χ0v) is 13.9. The number of esters is 1. The van der Waals surface area contributed by atoms with Crippen LogP contribution in [0.4, 0.5) is 5.69 Å². The Morgan fingerprint density at radius 2 is 1.78 bits per heavy atom. The van der Waals surface area contributed by atoms with Crippen LogP contribution in [0.5, 0.6) is 5.75 Å². The second-order valence-corrected chi connectivity index (χ2v) is 5.33. The van der Waals surface area contributed by atoms with Crippen LogP contribution >= 0.6 is 23.2 Å². The number of halogens is 2. The molecule has 0 fully saturated rings. The fourth-order valence-corrected chi connectivity index (χ4v) is 2.24. The summed E-state index contributed by atoms with van der Waals surface area (Å²) in [7, 11) is 2.71. The van der Waals surface area contributed by atoms with E-state index in [-0.39, 0.29) is 16.8 Å². The van der Waals surface area contributed by atoms with Crippen LogP contribution in [0.15, 0.2) is 36.4 Å². The van der Waals surface area contributed by atoms with E-state index in [2.05, 4.69) is 10.1 Å². The Morgan fingerprint density at radius 1 is 1.04 bits per heavy atom. The summed E-state index contributed by atoms with van der Waals surface area (Å²) in [6, 6.07) is 9.09. The predicted molar refractivity (Wildman–Crippen MR) is 88.7 cm³/mol. The molecule has 0 heterocycles. The molecule has 2 rings (SSSR count). The molecule has 0 atom stereocenters. The lowest BCUT2D eigenvalue weighted by Crippen LogP contribution is -2.14. The van der Waals surface area contributed by atoms with E-state index in [4.69, 9.17) is 27.9 Å². The minimum absolute atomic E-state index is 0.273. The van der Waals surface area contributed by atoms with Crippen molar-refractivity contribution in [1.29, 1.82) is 0 Å². The van der Waals surface area contributed by atoms with Gasteiger partial charge in [-0.3, -0.25) is 4.79 Å². The van der Waals surface area contributed by atoms with E-state index >= 15 is 0 Å². The van der Waals surface area contributed by atoms with Crippen molar-refractivity contribution < 1.29 is 19.1 Å². The summed E-state index contributed by atoms with van der Waals surface area (Å²) in [4.78, 5) is 24.0. The van der Waals surface area contributed by atoms with E-state index < -0.39 is 11.9 Å². The Morgan fingerprint density at radius 3 is 2.43 bits per heavy atom. The van der Waals surface area contributed by atoms with Crippen LogP contribution in [0, 0.1) is 0 Å². The Hall–Kier alpha value is -2.24. The third kappa shape index (κ3) is 3.94. The van der Waals surface area contributed by atoms with E-state index in [0.717, 1.165) is 0 Å². The highest BCUT2D eigenvalue weighted by Crippen LogP contribution is 2.27. The van der Waals surface area contributed by atoms with E-state index in [1.54, 1.807) is 6.07 Å². The van der Waals surface area contributed by atoms with Crippen molar-refractivity contribution in [1.82, 2.24) is 0 Å². The van der Waals surface area contributed by atoms with Crippen LogP contribution in [-0.2, 0) is 4.74 Å². The van der Waals surface area contributed by atoms with Gasteiger partial charge in [-0.05, 0) is 36.4 Å². The van der Waals surface area contributed by atoms with Crippen LogP contribution in [-0.4, -0.2) is 26.1 Å². The number of benzene rings is 2. The van der Waals surface area contributed by atoms with Gasteiger partial charge in [-0.15, -0.1) is 0 Å². The Kier molecular flexibility index (Phi) is 5.47. The molecule has 0 aromatic heterocycles. The molecule has 1 N–H and O–H groups in total. The van der Waals surface area contributed by atoms with Gasteiger partial charge in [0.1, 0.15) is 5.75 Å². The monoisotopic (exact) mass is 353 g/mol. The third-order valence-electron chi connectivity index (χ3n) is 3.04. The summed E-state index contributed by atoms with van der Waals surface area (Å²) >= 11 is 11.9. The van der Waals surface area contributed by atoms with E-state index in [1.165, 1.54) is 44.6 Å². The van der Waals surface area contributed by atoms with E-state index in [9.17, 15) is 9.59 Å². The molecule has 0 bridgehead atoms. The number of anilines is 1. The van der Waals surface area contributed by atoms with Gasteiger partial charge >= 0.3 is 5.97 Å². The number of rotatable bonds is 4. The first kappa shape index (κ1) is 17.1. The van der Waals surface area contributed by atoms with Gasteiger partial charge in [0.2, 0.25) is 0 Å². The fourth-order valence-electron chi connectivity index (χ4n) is 1.91. The van der Waals surface area contributed by atoms with Gasteiger partial charge in [-0.25, -0.2) is 4.79 Å². The zero-order chi connectivity index (χ0) is 17.0.